The first-order chi connectivity index (χ1) is 30.4. The summed E-state index contributed by atoms with van der Waals surface area (Å²) in [5.74, 6) is -1.53. The molecule has 3 aliphatic heterocycles. The Balaban J connectivity index is 1.27. The van der Waals surface area contributed by atoms with Gasteiger partial charge in [-0.15, -0.1) is 0 Å². The van der Waals surface area contributed by atoms with Gasteiger partial charge in [0.2, 0.25) is 5.91 Å². The van der Waals surface area contributed by atoms with E-state index >= 15 is 0 Å². The van der Waals surface area contributed by atoms with E-state index in [4.69, 9.17) is 48.4 Å². The first-order valence-electron chi connectivity index (χ1n) is 20.7. The van der Waals surface area contributed by atoms with Gasteiger partial charge in [-0.25, -0.2) is 0 Å². The Hall–Kier alpha value is -4.84. The predicted octanol–water partition coefficient (Wildman–Crippen LogP) is 7.01. The summed E-state index contributed by atoms with van der Waals surface area (Å²) in [5, 5.41) is 4.26. The van der Waals surface area contributed by atoms with Gasteiger partial charge in [0.25, 0.3) is 0 Å². The van der Waals surface area contributed by atoms with Crippen LogP contribution in [-0.4, -0.2) is 91.9 Å². The first kappa shape index (κ1) is 45.2. The first-order valence-corrected chi connectivity index (χ1v) is 21.6. The fourth-order valence-corrected chi connectivity index (χ4v) is 8.78. The Morgan fingerprint density at radius 2 is 1.34 bits per heavy atom. The van der Waals surface area contributed by atoms with Crippen molar-refractivity contribution >= 4 is 23.6 Å². The number of hydrogen-bond acceptors (Lipinski definition) is 13. The van der Waals surface area contributed by atoms with Crippen molar-refractivity contribution in [2.45, 2.75) is 118 Å². The summed E-state index contributed by atoms with van der Waals surface area (Å²) < 4.78 is 58.2. The standard InChI is InChI=1S/C46H52N4O11S/c1-30(51)57-43-40(56-28-33-20-10-4-11-21-33)41(59-36-24-14-15-25-54-36)42(44(47)52)61-45(43)60-38-35(29-53-26-31-16-6-2-7-17-31)58-46(62-34-22-12-5-13-23-34)37(49-50-48)39(38)55-27-32-18-8-3-9-19-32/h2-13,16-23,35-43,45-46H,14-15,24-29H2,1H3,(H2,47,52)/t35?,36?,37?,38-,39+,40-,41+,42?,43?,45+,46-/m0/s1. The molecule has 3 fully saturated rings. The Morgan fingerprint density at radius 1 is 0.742 bits per heavy atom. The second-order valence-electron chi connectivity index (χ2n) is 15.1. The lowest BCUT2D eigenvalue weighted by atomic mass is 9.95. The summed E-state index contributed by atoms with van der Waals surface area (Å²) in [4.78, 5) is 30.6. The van der Waals surface area contributed by atoms with Crippen LogP contribution in [0.5, 0.6) is 0 Å². The molecule has 4 aromatic carbocycles. The van der Waals surface area contributed by atoms with E-state index in [1.54, 1.807) is 0 Å². The van der Waals surface area contributed by atoms with Gasteiger partial charge in [0.1, 0.15) is 35.9 Å². The summed E-state index contributed by atoms with van der Waals surface area (Å²) in [7, 11) is 0. The average Bonchev–Trinajstić information content (AvgIpc) is 3.29. The second-order valence-corrected chi connectivity index (χ2v) is 16.3. The minimum Gasteiger partial charge on any atom is -0.454 e. The van der Waals surface area contributed by atoms with Crippen molar-refractivity contribution in [3.63, 3.8) is 0 Å². The van der Waals surface area contributed by atoms with Gasteiger partial charge >= 0.3 is 5.97 Å². The molecule has 4 aromatic rings. The molecule has 5 unspecified atom stereocenters. The molecule has 11 atom stereocenters. The van der Waals surface area contributed by atoms with Gasteiger partial charge in [0, 0.05) is 23.3 Å². The van der Waals surface area contributed by atoms with E-state index in [1.807, 2.05) is 121 Å². The number of thioether (sulfide) groups is 1. The molecule has 15 nitrogen and oxygen atoms in total. The van der Waals surface area contributed by atoms with Crippen LogP contribution in [0.3, 0.4) is 0 Å². The lowest BCUT2D eigenvalue weighted by Crippen LogP contribution is -2.67. The zero-order chi connectivity index (χ0) is 43.1. The number of hydrogen-bond donors (Lipinski definition) is 1. The lowest BCUT2D eigenvalue weighted by Gasteiger charge is -2.49. The Labute approximate surface area is 365 Å². The molecule has 0 saturated carbocycles. The van der Waals surface area contributed by atoms with E-state index < -0.39 is 78.7 Å². The number of carbonyl (C=O) groups excluding carboxylic acids is 2. The fourth-order valence-electron chi connectivity index (χ4n) is 7.65. The van der Waals surface area contributed by atoms with Crippen molar-refractivity contribution < 1.29 is 52.2 Å². The van der Waals surface area contributed by atoms with Gasteiger partial charge < -0.3 is 48.4 Å². The van der Waals surface area contributed by atoms with Crippen LogP contribution in [0.4, 0.5) is 0 Å². The van der Waals surface area contributed by atoms with Crippen LogP contribution in [0.1, 0.15) is 42.9 Å². The fraction of sp³-hybridized carbons (Fsp3) is 0.435. The number of carbonyl (C=O) groups is 2. The third kappa shape index (κ3) is 12.4. The topological polar surface area (TPSA) is 192 Å². The molecule has 16 heteroatoms. The normalized spacial score (nSPS) is 28.6. The van der Waals surface area contributed by atoms with Gasteiger partial charge in [-0.05, 0) is 53.6 Å². The van der Waals surface area contributed by atoms with E-state index in [9.17, 15) is 15.1 Å². The van der Waals surface area contributed by atoms with Crippen molar-refractivity contribution in [2.75, 3.05) is 13.2 Å². The third-order valence-electron chi connectivity index (χ3n) is 10.6. The van der Waals surface area contributed by atoms with Crippen molar-refractivity contribution in [1.82, 2.24) is 0 Å². The third-order valence-corrected chi connectivity index (χ3v) is 11.7. The summed E-state index contributed by atoms with van der Waals surface area (Å²) in [5.41, 5.74) is 17.9. The quantitative estimate of drug-likeness (QED) is 0.0440. The zero-order valence-electron chi connectivity index (χ0n) is 34.4. The smallest absolute Gasteiger partial charge is 0.303 e. The van der Waals surface area contributed by atoms with Crippen molar-refractivity contribution in [3.05, 3.63) is 148 Å². The predicted molar refractivity (Wildman–Crippen MR) is 227 cm³/mol. The monoisotopic (exact) mass is 868 g/mol. The molecule has 0 radical (unpaired) electrons. The van der Waals surface area contributed by atoms with Crippen LogP contribution < -0.4 is 5.73 Å². The van der Waals surface area contributed by atoms with Gasteiger partial charge in [-0.2, -0.15) is 0 Å². The van der Waals surface area contributed by atoms with Crippen molar-refractivity contribution in [3.8, 4) is 0 Å². The van der Waals surface area contributed by atoms with E-state index in [-0.39, 0.29) is 26.4 Å². The van der Waals surface area contributed by atoms with Crippen LogP contribution in [-0.2, 0) is 72.0 Å². The highest BCUT2D eigenvalue weighted by molar-refractivity contribution is 7.99. The van der Waals surface area contributed by atoms with E-state index in [2.05, 4.69) is 10.0 Å². The number of nitrogens with zero attached hydrogens (tertiary/aromatic N) is 3. The molecule has 0 aliphatic carbocycles. The zero-order valence-corrected chi connectivity index (χ0v) is 35.2. The number of benzene rings is 4. The van der Waals surface area contributed by atoms with Gasteiger partial charge in [0.05, 0.1) is 32.5 Å². The number of rotatable bonds is 19. The van der Waals surface area contributed by atoms with E-state index in [0.717, 1.165) is 34.4 Å². The number of amides is 1. The number of azide groups is 1. The Bertz CT molecular complexity index is 2030. The minimum atomic E-state index is -1.51. The van der Waals surface area contributed by atoms with E-state index in [0.29, 0.717) is 13.0 Å². The van der Waals surface area contributed by atoms with Gasteiger partial charge in [-0.3, -0.25) is 9.59 Å². The number of esters is 1. The largest absolute Gasteiger partial charge is 0.454 e. The lowest BCUT2D eigenvalue weighted by molar-refractivity contribution is -0.350. The summed E-state index contributed by atoms with van der Waals surface area (Å²) in [6.45, 7) is 2.11. The molecule has 7 rings (SSSR count). The molecular weight excluding hydrogens is 817 g/mol. The summed E-state index contributed by atoms with van der Waals surface area (Å²) in [6, 6.07) is 37.2. The van der Waals surface area contributed by atoms with Gasteiger partial charge in [-0.1, -0.05) is 126 Å². The molecule has 62 heavy (non-hydrogen) atoms. The van der Waals surface area contributed by atoms with Crippen molar-refractivity contribution in [1.29, 1.82) is 0 Å². The van der Waals surface area contributed by atoms with Crippen LogP contribution in [0.15, 0.2) is 131 Å². The maximum atomic E-state index is 13.4. The number of nitrogens with two attached hydrogens (primary N) is 1. The minimum absolute atomic E-state index is 0.0114. The maximum absolute atomic E-state index is 13.4. The molecule has 3 heterocycles. The molecule has 3 saturated heterocycles. The van der Waals surface area contributed by atoms with E-state index in [1.165, 1.54) is 18.7 Å². The highest BCUT2D eigenvalue weighted by Crippen LogP contribution is 2.40. The molecule has 0 aromatic heterocycles. The Kier molecular flexibility index (Phi) is 16.8. The molecule has 0 bridgehead atoms. The number of primary amides is 1. The number of ether oxygens (including phenoxy) is 9. The average molecular weight is 869 g/mol. The summed E-state index contributed by atoms with van der Waals surface area (Å²) in [6.07, 6.45) is -8.09. The van der Waals surface area contributed by atoms with Gasteiger partial charge in [0.15, 0.2) is 24.8 Å². The van der Waals surface area contributed by atoms with Crippen LogP contribution >= 0.6 is 11.8 Å². The molecule has 0 spiro atoms. The van der Waals surface area contributed by atoms with Crippen LogP contribution in [0.25, 0.3) is 10.4 Å². The molecule has 2 N–H and O–H groups in total. The maximum Gasteiger partial charge on any atom is 0.303 e. The molecule has 3 aliphatic rings. The highest BCUT2D eigenvalue weighted by Gasteiger charge is 2.56. The highest BCUT2D eigenvalue weighted by atomic mass is 32.2. The summed E-state index contributed by atoms with van der Waals surface area (Å²) >= 11 is 1.37. The molecule has 328 valence electrons. The molecule has 1 amide bonds. The second kappa shape index (κ2) is 23.0. The van der Waals surface area contributed by atoms with Crippen LogP contribution in [0, 0.1) is 0 Å². The van der Waals surface area contributed by atoms with Crippen LogP contribution in [0.2, 0.25) is 0 Å². The van der Waals surface area contributed by atoms with Crippen molar-refractivity contribution in [2.24, 2.45) is 10.8 Å². The SMILES string of the molecule is CC(=O)OC1[C@H](O[C@H]2C(COCc3ccccc3)O[C@@H](Sc3ccccc3)C(N=[N+]=[N-])[C@H]2OCc2ccccc2)OC(C(N)=O)[C@H](OC2CCCCO2)[C@@H]1OCc1ccccc1. The Morgan fingerprint density at radius 3 is 1.90 bits per heavy atom. The molecular formula is C46H52N4O11S.